The number of epoxide rings is 1. The maximum atomic E-state index is 13.5. The SMILES string of the molecule is [2H]C1(OC(=O)C(O)(c2cccs2)c2cccs2)CC2([2H])C3([2H])OC3([2H])C([2H])(C1([2H])[2H])[N+]2(C)C.[Br-]. The number of halogens is 1. The number of fused-ring (bicyclic) bond motifs is 5. The Morgan fingerprint density at radius 3 is 2.44 bits per heavy atom. The molecule has 2 bridgehead atoms. The number of quaternary nitrogens is 1. The topological polar surface area (TPSA) is 59.1 Å². The summed E-state index contributed by atoms with van der Waals surface area (Å²) in [6, 6.07) is 1.47. The molecule has 0 aliphatic carbocycles. The average Bonchev–Trinajstić information content (AvgIpc) is 3.23. The van der Waals surface area contributed by atoms with E-state index in [1.807, 2.05) is 0 Å². The summed E-state index contributed by atoms with van der Waals surface area (Å²) in [6.07, 6.45) is -11.5. The van der Waals surface area contributed by atoms with Crippen molar-refractivity contribution in [3.63, 3.8) is 0 Å². The zero-order valence-corrected chi connectivity index (χ0v) is 17.7. The Labute approximate surface area is 186 Å². The Bertz CT molecular complexity index is 1120. The summed E-state index contributed by atoms with van der Waals surface area (Å²) >= 11 is 2.16. The summed E-state index contributed by atoms with van der Waals surface area (Å²) in [5.41, 5.74) is -2.32. The highest BCUT2D eigenvalue weighted by Gasteiger charge is 2.71. The summed E-state index contributed by atoms with van der Waals surface area (Å²) in [6.45, 7) is 0. The second kappa shape index (κ2) is 6.64. The molecule has 2 aromatic rings. The molecule has 2 aromatic heterocycles. The van der Waals surface area contributed by atoms with E-state index in [1.54, 1.807) is 22.9 Å². The third-order valence-corrected chi connectivity index (χ3v) is 6.89. The molecule has 27 heavy (non-hydrogen) atoms. The Morgan fingerprint density at radius 2 is 1.89 bits per heavy atom. The first-order valence-corrected chi connectivity index (χ1v) is 9.84. The number of ether oxygens (including phenoxy) is 2. The number of thiophene rings is 2. The van der Waals surface area contributed by atoms with Gasteiger partial charge in [0.1, 0.15) is 30.3 Å². The quantitative estimate of drug-likeness (QED) is 0.360. The first-order valence-electron chi connectivity index (χ1n) is 11.6. The Morgan fingerprint density at radius 1 is 1.30 bits per heavy atom. The van der Waals surface area contributed by atoms with Crippen LogP contribution in [0.2, 0.25) is 0 Å². The predicted molar refractivity (Wildman–Crippen MR) is 99.1 cm³/mol. The number of piperidine rings is 1. The van der Waals surface area contributed by atoms with Gasteiger partial charge in [-0.15, -0.1) is 22.7 Å². The number of hydrogen-bond acceptors (Lipinski definition) is 6. The number of nitrogens with zero attached hydrogens (tertiary/aromatic N) is 1. The second-order valence-electron chi connectivity index (χ2n) is 6.79. The molecule has 3 fully saturated rings. The van der Waals surface area contributed by atoms with Crippen LogP contribution in [0.5, 0.6) is 0 Å². The molecule has 5 unspecified atom stereocenters. The molecule has 3 aliphatic rings. The lowest BCUT2D eigenvalue weighted by Crippen LogP contribution is -3.00. The van der Waals surface area contributed by atoms with Crippen LogP contribution in [-0.2, 0) is 19.9 Å². The van der Waals surface area contributed by atoms with Crippen LogP contribution < -0.4 is 17.0 Å². The number of aliphatic hydroxyl groups is 1. The monoisotopic (exact) mass is 478 g/mol. The molecule has 3 aliphatic heterocycles. The van der Waals surface area contributed by atoms with Crippen LogP contribution >= 0.6 is 22.7 Å². The van der Waals surface area contributed by atoms with Crippen molar-refractivity contribution < 1.29 is 50.4 Å². The van der Waals surface area contributed by atoms with Gasteiger partial charge < -0.3 is 36.0 Å². The molecule has 5 atom stereocenters. The number of carbonyl (C=O) groups excluding carboxylic acids is 1. The van der Waals surface area contributed by atoms with Crippen molar-refractivity contribution in [1.29, 1.82) is 0 Å². The van der Waals surface area contributed by atoms with Crippen LogP contribution in [0.25, 0.3) is 0 Å². The Hall–Kier alpha value is -0.770. The van der Waals surface area contributed by atoms with Crippen molar-refractivity contribution in [2.45, 2.75) is 48.7 Å². The summed E-state index contributed by atoms with van der Waals surface area (Å²) in [4.78, 5) is 13.9. The Kier molecular flexibility index (Phi) is 3.13. The maximum absolute atomic E-state index is 13.5. The first kappa shape index (κ1) is 12.7. The van der Waals surface area contributed by atoms with Crippen LogP contribution in [-0.4, -0.2) is 59.9 Å². The zero-order valence-electron chi connectivity index (χ0n) is 21.5. The summed E-state index contributed by atoms with van der Waals surface area (Å²) in [5.74, 6) is -1.32. The molecule has 8 heteroatoms. The molecule has 1 N–H and O–H groups in total. The van der Waals surface area contributed by atoms with E-state index in [2.05, 4.69) is 0 Å². The Balaban J connectivity index is 0.00000274. The summed E-state index contributed by atoms with van der Waals surface area (Å²) < 4.78 is 71.5. The van der Waals surface area contributed by atoms with Gasteiger partial charge in [0.15, 0.2) is 0 Å². The van der Waals surface area contributed by atoms with Gasteiger partial charge in [0.05, 0.1) is 30.7 Å². The fourth-order valence-corrected chi connectivity index (χ4v) is 5.12. The number of hydrogen-bond donors (Lipinski definition) is 1. The molecule has 0 amide bonds. The van der Waals surface area contributed by atoms with E-state index in [4.69, 9.17) is 19.1 Å². The van der Waals surface area contributed by atoms with Gasteiger partial charge in [-0.2, -0.15) is 0 Å². The third kappa shape index (κ3) is 2.84. The molecule has 0 radical (unpaired) electrons. The zero-order chi connectivity index (χ0) is 24.5. The molecular formula is C19H22BrNO4S2. The van der Waals surface area contributed by atoms with Gasteiger partial charge in [-0.25, -0.2) is 4.79 Å². The van der Waals surface area contributed by atoms with Crippen molar-refractivity contribution in [3.8, 4) is 0 Å². The lowest BCUT2D eigenvalue weighted by molar-refractivity contribution is -0.938. The molecule has 0 aromatic carbocycles. The van der Waals surface area contributed by atoms with E-state index in [-0.39, 0.29) is 26.7 Å². The van der Waals surface area contributed by atoms with Crippen molar-refractivity contribution in [2.75, 3.05) is 14.1 Å². The van der Waals surface area contributed by atoms with E-state index in [0.29, 0.717) is 0 Å². The fraction of sp³-hybridized carbons (Fsp3) is 0.526. The highest BCUT2D eigenvalue weighted by molar-refractivity contribution is 7.12. The van der Waals surface area contributed by atoms with E-state index >= 15 is 0 Å². The predicted octanol–water partition coefficient (Wildman–Crippen LogP) is -0.650. The van der Waals surface area contributed by atoms with Gasteiger partial charge in [-0.3, -0.25) is 0 Å². The maximum Gasteiger partial charge on any atom is 0.349 e. The van der Waals surface area contributed by atoms with Crippen molar-refractivity contribution in [1.82, 2.24) is 0 Å². The van der Waals surface area contributed by atoms with Gasteiger partial charge in [0.25, 0.3) is 0 Å². The van der Waals surface area contributed by atoms with E-state index < -0.39 is 59.1 Å². The molecule has 0 saturated carbocycles. The van der Waals surface area contributed by atoms with Crippen LogP contribution in [0.15, 0.2) is 35.0 Å². The standard InChI is InChI=1S/C19H22NO4S2.BrH/c1-20(2)12-9-11(10-13(20)17-16(12)24-17)23-18(21)19(22,14-5-3-7-25-14)15-6-4-8-26-15;/h3-8,11-13,16-17,22H,9-10H2,1-2H3;1H/q+1;/p-1/i9D2,11D,12D,13D,16D,17D;. The molecule has 5 nitrogen and oxygen atoms in total. The number of carbonyl (C=O) groups is 1. The van der Waals surface area contributed by atoms with Crippen molar-refractivity contribution >= 4 is 28.6 Å². The normalized spacial score (nSPS) is 52.3. The highest BCUT2D eigenvalue weighted by atomic mass is 79.9. The van der Waals surface area contributed by atoms with Crippen LogP contribution in [0, 0.1) is 0 Å². The molecule has 3 saturated heterocycles. The van der Waals surface area contributed by atoms with E-state index in [1.165, 1.54) is 26.2 Å². The molecule has 5 heterocycles. The highest BCUT2D eigenvalue weighted by Crippen LogP contribution is 2.52. The minimum atomic E-state index is -3.05. The van der Waals surface area contributed by atoms with E-state index in [0.717, 1.165) is 22.7 Å². The van der Waals surface area contributed by atoms with E-state index in [9.17, 15) is 9.90 Å². The lowest BCUT2D eigenvalue weighted by Gasteiger charge is -2.45. The number of morpholine rings is 1. The van der Waals surface area contributed by atoms with Gasteiger partial charge in [0, 0.05) is 15.5 Å². The van der Waals surface area contributed by atoms with Crippen LogP contribution in [0.4, 0.5) is 0 Å². The van der Waals surface area contributed by atoms with Crippen LogP contribution in [0.1, 0.15) is 32.1 Å². The van der Waals surface area contributed by atoms with Gasteiger partial charge in [-0.05, 0) is 22.9 Å². The number of rotatable bonds is 4. The smallest absolute Gasteiger partial charge is 0.349 e. The largest absolute Gasteiger partial charge is 1.00 e. The fourth-order valence-electron chi connectivity index (χ4n) is 3.41. The van der Waals surface area contributed by atoms with Crippen molar-refractivity contribution in [2.24, 2.45) is 0 Å². The molecule has 0 spiro atoms. The first-order chi connectivity index (χ1) is 15.0. The van der Waals surface area contributed by atoms with Gasteiger partial charge in [-0.1, -0.05) is 12.1 Å². The summed E-state index contributed by atoms with van der Waals surface area (Å²) in [7, 11) is 2.71. The third-order valence-electron chi connectivity index (χ3n) is 4.93. The average molecular weight is 479 g/mol. The minimum Gasteiger partial charge on any atom is -1.00 e. The number of likely N-dealkylation sites (N-methyl/N-ethyl adjacent to an activating group) is 1. The molecular weight excluding hydrogens is 450 g/mol. The van der Waals surface area contributed by atoms with Crippen LogP contribution in [0.3, 0.4) is 0 Å². The van der Waals surface area contributed by atoms with Gasteiger partial charge >= 0.3 is 5.97 Å². The lowest BCUT2D eigenvalue weighted by atomic mass is 9.95. The van der Waals surface area contributed by atoms with Crippen molar-refractivity contribution in [3.05, 3.63) is 44.8 Å². The molecule has 5 rings (SSSR count). The van der Waals surface area contributed by atoms with Gasteiger partial charge in [0.2, 0.25) is 5.60 Å². The molecule has 146 valence electrons. The summed E-state index contributed by atoms with van der Waals surface area (Å²) in [5, 5.41) is 14.8. The number of esters is 1. The second-order valence-corrected chi connectivity index (χ2v) is 8.68. The minimum absolute atomic E-state index is 0.